The van der Waals surface area contributed by atoms with Crippen LogP contribution in [0.25, 0.3) is 0 Å². The molecule has 2 heterocycles. The third-order valence-electron chi connectivity index (χ3n) is 4.78. The molecule has 0 spiro atoms. The third kappa shape index (κ3) is 4.54. The zero-order valence-corrected chi connectivity index (χ0v) is 15.5. The summed E-state index contributed by atoms with van der Waals surface area (Å²) in [6, 6.07) is 11.3. The number of benzene rings is 1. The standard InChI is InChI=1S/C21H26N2O3/c1-3-18-13-17(10-11-22-18)21(24)23-12-4-5-16(14-23)15-26-20-8-6-19(25-2)7-9-20/h6-11,13,16H,3-5,12,14-15H2,1-2H3/t16-/m1/s1. The predicted octanol–water partition coefficient (Wildman–Crippen LogP) is 3.58. The van der Waals surface area contributed by atoms with E-state index in [2.05, 4.69) is 4.98 Å². The summed E-state index contributed by atoms with van der Waals surface area (Å²) in [5, 5.41) is 0. The van der Waals surface area contributed by atoms with Crippen molar-refractivity contribution < 1.29 is 14.3 Å². The van der Waals surface area contributed by atoms with Crippen LogP contribution >= 0.6 is 0 Å². The first kappa shape index (κ1) is 18.2. The van der Waals surface area contributed by atoms with E-state index < -0.39 is 0 Å². The number of hydrogen-bond acceptors (Lipinski definition) is 4. The molecule has 1 amide bonds. The molecule has 138 valence electrons. The third-order valence-corrected chi connectivity index (χ3v) is 4.78. The number of carbonyl (C=O) groups is 1. The summed E-state index contributed by atoms with van der Waals surface area (Å²) in [4.78, 5) is 19.0. The SMILES string of the molecule is CCc1cc(C(=O)N2CCC[C@@H](COc3ccc(OC)cc3)C2)ccn1. The van der Waals surface area contributed by atoms with Gasteiger partial charge in [-0.3, -0.25) is 9.78 Å². The monoisotopic (exact) mass is 354 g/mol. The Morgan fingerprint density at radius 1 is 1.23 bits per heavy atom. The lowest BCUT2D eigenvalue weighted by molar-refractivity contribution is 0.0633. The quantitative estimate of drug-likeness (QED) is 0.796. The van der Waals surface area contributed by atoms with Crippen LogP contribution < -0.4 is 9.47 Å². The largest absolute Gasteiger partial charge is 0.497 e. The predicted molar refractivity (Wildman–Crippen MR) is 101 cm³/mol. The number of ether oxygens (including phenoxy) is 2. The molecule has 26 heavy (non-hydrogen) atoms. The number of amides is 1. The van der Waals surface area contributed by atoms with Crippen LogP contribution in [0.3, 0.4) is 0 Å². The van der Waals surface area contributed by atoms with Gasteiger partial charge in [-0.05, 0) is 55.7 Å². The minimum absolute atomic E-state index is 0.0937. The molecule has 1 fully saturated rings. The van der Waals surface area contributed by atoms with Crippen LogP contribution in [-0.4, -0.2) is 42.6 Å². The van der Waals surface area contributed by atoms with E-state index in [0.29, 0.717) is 12.5 Å². The number of carbonyl (C=O) groups excluding carboxylic acids is 1. The van der Waals surface area contributed by atoms with Gasteiger partial charge in [-0.15, -0.1) is 0 Å². The van der Waals surface area contributed by atoms with Gasteiger partial charge in [-0.25, -0.2) is 0 Å². The lowest BCUT2D eigenvalue weighted by Gasteiger charge is -2.32. The summed E-state index contributed by atoms with van der Waals surface area (Å²) in [5.74, 6) is 2.09. The van der Waals surface area contributed by atoms with Crippen molar-refractivity contribution in [3.05, 3.63) is 53.9 Å². The number of likely N-dealkylation sites (tertiary alicyclic amines) is 1. The van der Waals surface area contributed by atoms with Crippen molar-refractivity contribution in [1.82, 2.24) is 9.88 Å². The lowest BCUT2D eigenvalue weighted by atomic mass is 9.98. The molecule has 5 heteroatoms. The van der Waals surface area contributed by atoms with Gasteiger partial charge in [0.25, 0.3) is 5.91 Å². The summed E-state index contributed by atoms with van der Waals surface area (Å²) >= 11 is 0. The molecule has 0 radical (unpaired) electrons. The minimum Gasteiger partial charge on any atom is -0.497 e. The Morgan fingerprint density at radius 2 is 2.00 bits per heavy atom. The van der Waals surface area contributed by atoms with Crippen molar-refractivity contribution in [3.8, 4) is 11.5 Å². The number of hydrogen-bond donors (Lipinski definition) is 0. The first-order valence-corrected chi connectivity index (χ1v) is 9.20. The van der Waals surface area contributed by atoms with Crippen LogP contribution in [0.5, 0.6) is 11.5 Å². The van der Waals surface area contributed by atoms with E-state index in [-0.39, 0.29) is 5.91 Å². The van der Waals surface area contributed by atoms with Crippen LogP contribution in [0, 0.1) is 5.92 Å². The van der Waals surface area contributed by atoms with Crippen molar-refractivity contribution in [2.75, 3.05) is 26.8 Å². The normalized spacial score (nSPS) is 17.0. The first-order valence-electron chi connectivity index (χ1n) is 9.20. The average Bonchev–Trinajstić information content (AvgIpc) is 2.72. The average molecular weight is 354 g/mol. The van der Waals surface area contributed by atoms with Crippen LogP contribution in [0.2, 0.25) is 0 Å². The van der Waals surface area contributed by atoms with E-state index in [4.69, 9.17) is 9.47 Å². The van der Waals surface area contributed by atoms with Gasteiger partial charge in [0.1, 0.15) is 11.5 Å². The molecular weight excluding hydrogens is 328 g/mol. The van der Waals surface area contributed by atoms with Gasteiger partial charge < -0.3 is 14.4 Å². The maximum absolute atomic E-state index is 12.8. The Morgan fingerprint density at radius 3 is 2.73 bits per heavy atom. The molecule has 1 atom stereocenters. The second kappa shape index (κ2) is 8.70. The maximum atomic E-state index is 12.8. The highest BCUT2D eigenvalue weighted by Gasteiger charge is 2.25. The molecule has 1 aliphatic heterocycles. The summed E-state index contributed by atoms with van der Waals surface area (Å²) in [5.41, 5.74) is 1.68. The molecular formula is C21H26N2O3. The zero-order chi connectivity index (χ0) is 18.4. The Hall–Kier alpha value is -2.56. The summed E-state index contributed by atoms with van der Waals surface area (Å²) < 4.78 is 11.1. The number of nitrogens with zero attached hydrogens (tertiary/aromatic N) is 2. The van der Waals surface area contributed by atoms with Gasteiger partial charge in [-0.1, -0.05) is 6.92 Å². The summed E-state index contributed by atoms with van der Waals surface area (Å²) in [7, 11) is 1.65. The van der Waals surface area contributed by atoms with E-state index in [1.807, 2.05) is 42.2 Å². The number of aromatic nitrogens is 1. The molecule has 5 nitrogen and oxygen atoms in total. The van der Waals surface area contributed by atoms with Crippen LogP contribution in [-0.2, 0) is 6.42 Å². The number of methoxy groups -OCH3 is 1. The van der Waals surface area contributed by atoms with Gasteiger partial charge in [0.15, 0.2) is 0 Å². The van der Waals surface area contributed by atoms with Crippen LogP contribution in [0.15, 0.2) is 42.6 Å². The van der Waals surface area contributed by atoms with Gasteiger partial charge in [0.2, 0.25) is 0 Å². The molecule has 1 saturated heterocycles. The lowest BCUT2D eigenvalue weighted by Crippen LogP contribution is -2.41. The molecule has 1 aromatic carbocycles. The van der Waals surface area contributed by atoms with E-state index >= 15 is 0 Å². The summed E-state index contributed by atoms with van der Waals surface area (Å²) in [6.45, 7) is 4.21. The van der Waals surface area contributed by atoms with Crippen LogP contribution in [0.1, 0.15) is 35.8 Å². The molecule has 0 unspecified atom stereocenters. The van der Waals surface area contributed by atoms with E-state index in [9.17, 15) is 4.79 Å². The van der Waals surface area contributed by atoms with Gasteiger partial charge in [-0.2, -0.15) is 0 Å². The molecule has 0 N–H and O–H groups in total. The van der Waals surface area contributed by atoms with Crippen molar-refractivity contribution in [3.63, 3.8) is 0 Å². The highest BCUT2D eigenvalue weighted by Crippen LogP contribution is 2.22. The highest BCUT2D eigenvalue weighted by molar-refractivity contribution is 5.94. The Balaban J connectivity index is 1.56. The van der Waals surface area contributed by atoms with Crippen molar-refractivity contribution >= 4 is 5.91 Å². The molecule has 0 bridgehead atoms. The van der Waals surface area contributed by atoms with Crippen LogP contribution in [0.4, 0.5) is 0 Å². The Labute approximate surface area is 155 Å². The van der Waals surface area contributed by atoms with E-state index in [1.165, 1.54) is 0 Å². The van der Waals surface area contributed by atoms with Crippen molar-refractivity contribution in [2.45, 2.75) is 26.2 Å². The molecule has 0 aliphatic carbocycles. The molecule has 3 rings (SSSR count). The maximum Gasteiger partial charge on any atom is 0.253 e. The van der Waals surface area contributed by atoms with Crippen molar-refractivity contribution in [2.24, 2.45) is 5.92 Å². The number of rotatable bonds is 6. The number of pyridine rings is 1. The number of piperidine rings is 1. The number of aryl methyl sites for hydroxylation is 1. The topological polar surface area (TPSA) is 51.7 Å². The fourth-order valence-corrected chi connectivity index (χ4v) is 3.26. The minimum atomic E-state index is 0.0937. The van der Waals surface area contributed by atoms with Gasteiger partial charge in [0.05, 0.1) is 13.7 Å². The first-order chi connectivity index (χ1) is 12.7. The fourth-order valence-electron chi connectivity index (χ4n) is 3.26. The van der Waals surface area contributed by atoms with E-state index in [1.54, 1.807) is 19.4 Å². The molecule has 1 aliphatic rings. The van der Waals surface area contributed by atoms with E-state index in [0.717, 1.165) is 55.1 Å². The smallest absolute Gasteiger partial charge is 0.253 e. The fraction of sp³-hybridized carbons (Fsp3) is 0.429. The second-order valence-electron chi connectivity index (χ2n) is 6.64. The van der Waals surface area contributed by atoms with Gasteiger partial charge >= 0.3 is 0 Å². The molecule has 2 aromatic rings. The highest BCUT2D eigenvalue weighted by atomic mass is 16.5. The van der Waals surface area contributed by atoms with Crippen molar-refractivity contribution in [1.29, 1.82) is 0 Å². The summed E-state index contributed by atoms with van der Waals surface area (Å²) in [6.07, 6.45) is 4.64. The van der Waals surface area contributed by atoms with Gasteiger partial charge in [0, 0.05) is 36.5 Å². The second-order valence-corrected chi connectivity index (χ2v) is 6.64. The Kier molecular flexibility index (Phi) is 6.10. The Bertz CT molecular complexity index is 730. The molecule has 0 saturated carbocycles. The zero-order valence-electron chi connectivity index (χ0n) is 15.5. The molecule has 1 aromatic heterocycles.